The first-order valence-corrected chi connectivity index (χ1v) is 9.78. The van der Waals surface area contributed by atoms with Gasteiger partial charge in [0.25, 0.3) is 10.0 Å². The number of carbonyl (C=O) groups is 1. The van der Waals surface area contributed by atoms with E-state index in [1.54, 1.807) is 0 Å². The SMILES string of the molecule is Cn1c(C(=O)[O-])ccc1S(=O)(=O)N(Cc1ccccc1)Cc1ccccc1. The summed E-state index contributed by atoms with van der Waals surface area (Å²) in [6, 6.07) is 21.1. The summed E-state index contributed by atoms with van der Waals surface area (Å²) in [5, 5.41) is 11.1. The Morgan fingerprint density at radius 3 is 1.78 bits per heavy atom. The van der Waals surface area contributed by atoms with E-state index < -0.39 is 16.0 Å². The molecule has 6 nitrogen and oxygen atoms in total. The van der Waals surface area contributed by atoms with Crippen LogP contribution in [-0.2, 0) is 30.2 Å². The van der Waals surface area contributed by atoms with Crippen LogP contribution in [0.3, 0.4) is 0 Å². The lowest BCUT2D eigenvalue weighted by Crippen LogP contribution is -2.32. The molecule has 0 fully saturated rings. The minimum atomic E-state index is -3.94. The third-order valence-electron chi connectivity index (χ3n) is 4.29. The van der Waals surface area contributed by atoms with E-state index in [0.29, 0.717) is 0 Å². The van der Waals surface area contributed by atoms with E-state index in [2.05, 4.69) is 0 Å². The van der Waals surface area contributed by atoms with Crippen molar-refractivity contribution in [2.24, 2.45) is 7.05 Å². The number of carbonyl (C=O) groups excluding carboxylic acids is 1. The average molecular weight is 383 g/mol. The van der Waals surface area contributed by atoms with E-state index in [9.17, 15) is 18.3 Å². The summed E-state index contributed by atoms with van der Waals surface area (Å²) in [7, 11) is -2.53. The van der Waals surface area contributed by atoms with Crippen molar-refractivity contribution < 1.29 is 18.3 Å². The molecule has 27 heavy (non-hydrogen) atoms. The van der Waals surface area contributed by atoms with Gasteiger partial charge in [-0.05, 0) is 23.3 Å². The molecule has 7 heteroatoms. The van der Waals surface area contributed by atoms with Gasteiger partial charge in [0, 0.05) is 20.1 Å². The second kappa shape index (κ2) is 7.77. The zero-order valence-corrected chi connectivity index (χ0v) is 15.6. The summed E-state index contributed by atoms with van der Waals surface area (Å²) in [6.07, 6.45) is 0. The highest BCUT2D eigenvalue weighted by atomic mass is 32.2. The van der Waals surface area contributed by atoms with Crippen LogP contribution < -0.4 is 5.11 Å². The first-order chi connectivity index (χ1) is 12.9. The summed E-state index contributed by atoms with van der Waals surface area (Å²) in [6.45, 7) is 0.341. The van der Waals surface area contributed by atoms with Gasteiger partial charge in [0.05, 0.1) is 11.7 Å². The molecule has 3 aromatic rings. The molecular weight excluding hydrogens is 364 g/mol. The van der Waals surface area contributed by atoms with Crippen LogP contribution in [0.1, 0.15) is 21.6 Å². The smallest absolute Gasteiger partial charge is 0.259 e. The fourth-order valence-corrected chi connectivity index (χ4v) is 4.48. The molecule has 1 heterocycles. The summed E-state index contributed by atoms with van der Waals surface area (Å²) >= 11 is 0. The van der Waals surface area contributed by atoms with Crippen molar-refractivity contribution in [1.82, 2.24) is 8.87 Å². The number of hydrogen-bond acceptors (Lipinski definition) is 4. The fourth-order valence-electron chi connectivity index (χ4n) is 2.89. The van der Waals surface area contributed by atoms with Gasteiger partial charge in [0.1, 0.15) is 0 Å². The topological polar surface area (TPSA) is 82.4 Å². The summed E-state index contributed by atoms with van der Waals surface area (Å²) < 4.78 is 29.1. The zero-order valence-electron chi connectivity index (χ0n) is 14.8. The lowest BCUT2D eigenvalue weighted by atomic mass is 10.2. The van der Waals surface area contributed by atoms with Gasteiger partial charge in [-0.2, -0.15) is 4.31 Å². The Bertz CT molecular complexity index is 987. The fraction of sp³-hybridized carbons (Fsp3) is 0.150. The Morgan fingerprint density at radius 1 is 0.889 bits per heavy atom. The van der Waals surface area contributed by atoms with Crippen LogP contribution >= 0.6 is 0 Å². The molecule has 140 valence electrons. The van der Waals surface area contributed by atoms with E-state index in [4.69, 9.17) is 0 Å². The number of hydrogen-bond donors (Lipinski definition) is 0. The van der Waals surface area contributed by atoms with Crippen LogP contribution in [0.5, 0.6) is 0 Å². The van der Waals surface area contributed by atoms with Crippen molar-refractivity contribution in [2.45, 2.75) is 18.1 Å². The standard InChI is InChI=1S/C20H20N2O4S/c1-21-18(20(23)24)12-13-19(21)27(25,26)22(14-16-8-4-2-5-9-16)15-17-10-6-3-7-11-17/h2-13H,14-15H2,1H3,(H,23,24)/p-1. The number of carboxylic acids is 1. The Labute approximate surface area is 158 Å². The monoisotopic (exact) mass is 383 g/mol. The van der Waals surface area contributed by atoms with Gasteiger partial charge in [-0.25, -0.2) is 8.42 Å². The number of sulfonamides is 1. The number of rotatable bonds is 7. The van der Waals surface area contributed by atoms with Crippen LogP contribution in [0.2, 0.25) is 0 Å². The van der Waals surface area contributed by atoms with Gasteiger partial charge in [0.2, 0.25) is 0 Å². The highest BCUT2D eigenvalue weighted by Crippen LogP contribution is 2.22. The third-order valence-corrected chi connectivity index (χ3v) is 6.17. The van der Waals surface area contributed by atoms with Crippen molar-refractivity contribution in [2.75, 3.05) is 0 Å². The Hall–Kier alpha value is -2.90. The number of aromatic carboxylic acids is 1. The number of benzene rings is 2. The van der Waals surface area contributed by atoms with Gasteiger partial charge in [0.15, 0.2) is 5.03 Å². The van der Waals surface area contributed by atoms with E-state index in [1.807, 2.05) is 60.7 Å². The molecule has 0 bridgehead atoms. The van der Waals surface area contributed by atoms with Gasteiger partial charge in [-0.1, -0.05) is 60.7 Å². The van der Waals surface area contributed by atoms with E-state index in [1.165, 1.54) is 23.5 Å². The molecular formula is C20H19N2O4S-. The zero-order chi connectivity index (χ0) is 19.4. The van der Waals surface area contributed by atoms with Gasteiger partial charge in [-0.15, -0.1) is 0 Å². The third kappa shape index (κ3) is 4.10. The molecule has 0 unspecified atom stereocenters. The Morgan fingerprint density at radius 2 is 1.37 bits per heavy atom. The maximum Gasteiger partial charge on any atom is 0.259 e. The van der Waals surface area contributed by atoms with Crippen LogP contribution in [0.15, 0.2) is 77.8 Å². The molecule has 0 aliphatic heterocycles. The molecule has 0 atom stereocenters. The molecule has 0 radical (unpaired) electrons. The normalized spacial score (nSPS) is 11.6. The molecule has 3 rings (SSSR count). The molecule has 0 spiro atoms. The first kappa shape index (κ1) is 18.9. The average Bonchev–Trinajstić information content (AvgIpc) is 3.05. The minimum Gasteiger partial charge on any atom is -0.543 e. The number of nitrogens with zero attached hydrogens (tertiary/aromatic N) is 2. The molecule has 1 aromatic heterocycles. The second-order valence-corrected chi connectivity index (χ2v) is 8.03. The summed E-state index contributed by atoms with van der Waals surface area (Å²) in [4.78, 5) is 11.2. The predicted molar refractivity (Wildman–Crippen MR) is 99.1 cm³/mol. The number of carboxylic acid groups (broad SMARTS) is 1. The molecule has 0 saturated heterocycles. The van der Waals surface area contributed by atoms with E-state index in [0.717, 1.165) is 15.7 Å². The van der Waals surface area contributed by atoms with Crippen LogP contribution in [0.4, 0.5) is 0 Å². The second-order valence-electron chi connectivity index (χ2n) is 6.15. The lowest BCUT2D eigenvalue weighted by Gasteiger charge is -2.23. The van der Waals surface area contributed by atoms with Crippen LogP contribution in [0.25, 0.3) is 0 Å². The predicted octanol–water partition coefficient (Wildman–Crippen LogP) is 1.78. The minimum absolute atomic E-state index is 0.0893. The largest absolute Gasteiger partial charge is 0.543 e. The highest BCUT2D eigenvalue weighted by molar-refractivity contribution is 7.89. The number of aromatic nitrogens is 1. The molecule has 0 saturated carbocycles. The summed E-state index contributed by atoms with van der Waals surface area (Å²) in [5.41, 5.74) is 1.49. The Balaban J connectivity index is 2.01. The highest BCUT2D eigenvalue weighted by Gasteiger charge is 2.28. The van der Waals surface area contributed by atoms with Gasteiger partial charge < -0.3 is 14.5 Å². The quantitative estimate of drug-likeness (QED) is 0.623. The van der Waals surface area contributed by atoms with Crippen molar-refractivity contribution in [3.05, 3.63) is 89.6 Å². The van der Waals surface area contributed by atoms with Gasteiger partial charge >= 0.3 is 0 Å². The first-order valence-electron chi connectivity index (χ1n) is 8.34. The van der Waals surface area contributed by atoms with Crippen LogP contribution in [0, 0.1) is 0 Å². The molecule has 0 aliphatic carbocycles. The molecule has 0 amide bonds. The van der Waals surface area contributed by atoms with Crippen LogP contribution in [-0.4, -0.2) is 23.3 Å². The van der Waals surface area contributed by atoms with E-state index in [-0.39, 0.29) is 23.8 Å². The lowest BCUT2D eigenvalue weighted by molar-refractivity contribution is -0.255. The van der Waals surface area contributed by atoms with Crippen molar-refractivity contribution >= 4 is 16.0 Å². The van der Waals surface area contributed by atoms with Crippen molar-refractivity contribution in [3.63, 3.8) is 0 Å². The molecule has 0 aliphatic rings. The maximum atomic E-state index is 13.3. The van der Waals surface area contributed by atoms with Crippen molar-refractivity contribution in [1.29, 1.82) is 0 Å². The van der Waals surface area contributed by atoms with Gasteiger partial charge in [-0.3, -0.25) is 0 Å². The molecule has 2 aromatic carbocycles. The van der Waals surface area contributed by atoms with E-state index >= 15 is 0 Å². The summed E-state index contributed by atoms with van der Waals surface area (Å²) in [5.74, 6) is -1.42. The Kier molecular flexibility index (Phi) is 5.43. The van der Waals surface area contributed by atoms with Crippen molar-refractivity contribution in [3.8, 4) is 0 Å². The maximum absolute atomic E-state index is 13.3. The molecule has 0 N–H and O–H groups in total.